The maximum absolute atomic E-state index is 12.5. The van der Waals surface area contributed by atoms with Gasteiger partial charge in [0.1, 0.15) is 12.4 Å². The number of pyridine rings is 1. The highest BCUT2D eigenvalue weighted by Gasteiger charge is 2.15. The van der Waals surface area contributed by atoms with Crippen LogP contribution in [0.4, 0.5) is 0 Å². The van der Waals surface area contributed by atoms with Crippen molar-refractivity contribution in [2.45, 2.75) is 39.7 Å². The third-order valence-corrected chi connectivity index (χ3v) is 5.07. The quantitative estimate of drug-likeness (QED) is 0.787. The van der Waals surface area contributed by atoms with Crippen LogP contribution in [0.25, 0.3) is 0 Å². The van der Waals surface area contributed by atoms with Crippen LogP contribution in [-0.4, -0.2) is 30.5 Å². The second kappa shape index (κ2) is 9.51. The van der Waals surface area contributed by atoms with E-state index in [2.05, 4.69) is 15.6 Å². The van der Waals surface area contributed by atoms with Gasteiger partial charge in [-0.1, -0.05) is 6.07 Å². The van der Waals surface area contributed by atoms with Crippen LogP contribution in [0, 0.1) is 19.8 Å². The number of hydrogen-bond donors (Lipinski definition) is 2. The van der Waals surface area contributed by atoms with Crippen molar-refractivity contribution in [1.82, 2.24) is 15.6 Å². The molecule has 0 spiro atoms. The van der Waals surface area contributed by atoms with Gasteiger partial charge in [0, 0.05) is 30.1 Å². The number of carbonyl (C=O) groups excluding carboxylic acids is 1. The minimum atomic E-state index is -0.0104. The summed E-state index contributed by atoms with van der Waals surface area (Å²) in [4.78, 5) is 16.6. The van der Waals surface area contributed by atoms with Gasteiger partial charge < -0.3 is 15.4 Å². The molecule has 0 radical (unpaired) electrons. The molecule has 0 bridgehead atoms. The average Bonchev–Trinajstić information content (AvgIpc) is 2.69. The maximum Gasteiger partial charge on any atom is 0.251 e. The fourth-order valence-electron chi connectivity index (χ4n) is 3.61. The van der Waals surface area contributed by atoms with E-state index in [-0.39, 0.29) is 5.91 Å². The number of benzene rings is 1. The summed E-state index contributed by atoms with van der Waals surface area (Å²) in [5, 5.41) is 6.48. The van der Waals surface area contributed by atoms with Crippen molar-refractivity contribution in [3.63, 3.8) is 0 Å². The van der Waals surface area contributed by atoms with Crippen molar-refractivity contribution < 1.29 is 9.53 Å². The first-order valence-corrected chi connectivity index (χ1v) is 9.75. The summed E-state index contributed by atoms with van der Waals surface area (Å²) in [5.74, 6) is 1.50. The predicted octanol–water partition coefficient (Wildman–Crippen LogP) is 3.40. The van der Waals surface area contributed by atoms with E-state index in [1.165, 1.54) is 12.8 Å². The van der Waals surface area contributed by atoms with Gasteiger partial charge in [-0.15, -0.1) is 0 Å². The smallest absolute Gasteiger partial charge is 0.251 e. The molecule has 144 valence electrons. The third kappa shape index (κ3) is 5.54. The van der Waals surface area contributed by atoms with Crippen molar-refractivity contribution in [1.29, 1.82) is 0 Å². The highest BCUT2D eigenvalue weighted by molar-refractivity contribution is 5.94. The van der Waals surface area contributed by atoms with E-state index in [1.54, 1.807) is 12.4 Å². The minimum absolute atomic E-state index is 0.0104. The standard InChI is InChI=1S/C22H29N3O2/c1-16-11-20(22(26)25-10-7-18-5-3-8-23-13-18)12-17(2)21(16)27-15-19-6-4-9-24-14-19/h4,6,9,11-12,14,18,23H,3,5,7-8,10,13,15H2,1-2H3,(H,25,26). The fraction of sp³-hybridized carbons (Fsp3) is 0.455. The Balaban J connectivity index is 1.55. The molecular formula is C22H29N3O2. The second-order valence-corrected chi connectivity index (χ2v) is 7.35. The number of piperidine rings is 1. The number of hydrogen-bond acceptors (Lipinski definition) is 4. The lowest BCUT2D eigenvalue weighted by molar-refractivity contribution is 0.0950. The highest BCUT2D eigenvalue weighted by atomic mass is 16.5. The van der Waals surface area contributed by atoms with E-state index in [1.807, 2.05) is 38.1 Å². The van der Waals surface area contributed by atoms with E-state index < -0.39 is 0 Å². The monoisotopic (exact) mass is 367 g/mol. The van der Waals surface area contributed by atoms with Crippen LogP contribution in [0.3, 0.4) is 0 Å². The maximum atomic E-state index is 12.5. The normalized spacial score (nSPS) is 16.7. The van der Waals surface area contributed by atoms with Crippen molar-refractivity contribution in [3.8, 4) is 5.75 Å². The summed E-state index contributed by atoms with van der Waals surface area (Å²) in [7, 11) is 0. The molecule has 1 aromatic heterocycles. The molecule has 27 heavy (non-hydrogen) atoms. The molecule has 1 unspecified atom stereocenters. The molecule has 1 saturated heterocycles. The van der Waals surface area contributed by atoms with Crippen LogP contribution in [0.5, 0.6) is 5.75 Å². The van der Waals surface area contributed by atoms with Crippen LogP contribution in [-0.2, 0) is 6.61 Å². The summed E-state index contributed by atoms with van der Waals surface area (Å²) >= 11 is 0. The Hall–Kier alpha value is -2.40. The second-order valence-electron chi connectivity index (χ2n) is 7.35. The first-order valence-electron chi connectivity index (χ1n) is 9.75. The van der Waals surface area contributed by atoms with Crippen LogP contribution >= 0.6 is 0 Å². The Bertz CT molecular complexity index is 732. The zero-order valence-electron chi connectivity index (χ0n) is 16.3. The van der Waals surface area contributed by atoms with Gasteiger partial charge in [-0.05, 0) is 81.4 Å². The van der Waals surface area contributed by atoms with Crippen molar-refractivity contribution in [2.24, 2.45) is 5.92 Å². The van der Waals surface area contributed by atoms with E-state index in [0.29, 0.717) is 18.1 Å². The number of amides is 1. The number of aromatic nitrogens is 1. The van der Waals surface area contributed by atoms with E-state index in [9.17, 15) is 4.79 Å². The van der Waals surface area contributed by atoms with Crippen LogP contribution in [0.2, 0.25) is 0 Å². The first kappa shape index (κ1) is 19.4. The van der Waals surface area contributed by atoms with E-state index in [4.69, 9.17) is 4.74 Å². The molecule has 5 nitrogen and oxygen atoms in total. The molecule has 0 aliphatic carbocycles. The zero-order chi connectivity index (χ0) is 19.1. The molecule has 3 rings (SSSR count). The van der Waals surface area contributed by atoms with Crippen LogP contribution in [0.1, 0.15) is 46.3 Å². The number of nitrogens with one attached hydrogen (secondary N) is 2. The molecule has 5 heteroatoms. The third-order valence-electron chi connectivity index (χ3n) is 5.07. The van der Waals surface area contributed by atoms with Gasteiger partial charge in [0.25, 0.3) is 5.91 Å². The van der Waals surface area contributed by atoms with Gasteiger partial charge in [0.15, 0.2) is 0 Å². The number of aryl methyl sites for hydroxylation is 2. The Labute approximate surface area is 161 Å². The lowest BCUT2D eigenvalue weighted by Gasteiger charge is -2.22. The number of ether oxygens (including phenoxy) is 1. The molecule has 2 heterocycles. The van der Waals surface area contributed by atoms with Gasteiger partial charge in [-0.3, -0.25) is 9.78 Å². The Morgan fingerprint density at radius 2 is 2.15 bits per heavy atom. The lowest BCUT2D eigenvalue weighted by Crippen LogP contribution is -2.33. The van der Waals surface area contributed by atoms with Gasteiger partial charge in [-0.2, -0.15) is 0 Å². The van der Waals surface area contributed by atoms with Crippen molar-refractivity contribution >= 4 is 5.91 Å². The Morgan fingerprint density at radius 1 is 1.33 bits per heavy atom. The summed E-state index contributed by atoms with van der Waals surface area (Å²) in [6.07, 6.45) is 7.07. The van der Waals surface area contributed by atoms with Crippen molar-refractivity contribution in [2.75, 3.05) is 19.6 Å². The van der Waals surface area contributed by atoms with Gasteiger partial charge in [0.2, 0.25) is 0 Å². The zero-order valence-corrected chi connectivity index (χ0v) is 16.3. The predicted molar refractivity (Wildman–Crippen MR) is 107 cm³/mol. The molecule has 1 fully saturated rings. The summed E-state index contributed by atoms with van der Waals surface area (Å²) in [6, 6.07) is 7.70. The molecule has 0 saturated carbocycles. The van der Waals surface area contributed by atoms with Crippen molar-refractivity contribution in [3.05, 3.63) is 58.9 Å². The van der Waals surface area contributed by atoms with Gasteiger partial charge >= 0.3 is 0 Å². The summed E-state index contributed by atoms with van der Waals surface area (Å²) < 4.78 is 5.97. The van der Waals surface area contributed by atoms with Gasteiger partial charge in [0.05, 0.1) is 0 Å². The van der Waals surface area contributed by atoms with Crippen LogP contribution < -0.4 is 15.4 Å². The number of rotatable bonds is 7. The van der Waals surface area contributed by atoms with E-state index >= 15 is 0 Å². The number of carbonyl (C=O) groups is 1. The SMILES string of the molecule is Cc1cc(C(=O)NCCC2CCCNC2)cc(C)c1OCc1cccnc1. The van der Waals surface area contributed by atoms with Crippen LogP contribution in [0.15, 0.2) is 36.7 Å². The summed E-state index contributed by atoms with van der Waals surface area (Å²) in [6.45, 7) is 7.35. The topological polar surface area (TPSA) is 63.2 Å². The minimum Gasteiger partial charge on any atom is -0.488 e. The molecule has 2 N–H and O–H groups in total. The Morgan fingerprint density at radius 3 is 2.81 bits per heavy atom. The van der Waals surface area contributed by atoms with Gasteiger partial charge in [-0.25, -0.2) is 0 Å². The summed E-state index contributed by atoms with van der Waals surface area (Å²) in [5.41, 5.74) is 3.66. The first-order chi connectivity index (χ1) is 13.1. The average molecular weight is 367 g/mol. The molecule has 1 aromatic carbocycles. The Kier molecular flexibility index (Phi) is 6.82. The molecule has 2 aromatic rings. The molecule has 1 atom stereocenters. The molecule has 1 aliphatic heterocycles. The largest absolute Gasteiger partial charge is 0.488 e. The molecule has 1 amide bonds. The lowest BCUT2D eigenvalue weighted by atomic mass is 9.96. The molecule has 1 aliphatic rings. The molecular weight excluding hydrogens is 338 g/mol. The van der Waals surface area contributed by atoms with E-state index in [0.717, 1.165) is 48.5 Å². The highest BCUT2D eigenvalue weighted by Crippen LogP contribution is 2.26. The fourth-order valence-corrected chi connectivity index (χ4v) is 3.61. The number of nitrogens with zero attached hydrogens (tertiary/aromatic N) is 1.